The zero-order valence-electron chi connectivity index (χ0n) is 12.7. The first-order chi connectivity index (χ1) is 10.1. The summed E-state index contributed by atoms with van der Waals surface area (Å²) in [6.07, 6.45) is 6.54. The van der Waals surface area contributed by atoms with E-state index in [1.54, 1.807) is 7.11 Å². The minimum atomic E-state index is -0.763. The summed E-state index contributed by atoms with van der Waals surface area (Å²) in [5.74, 6) is -0.135. The highest BCUT2D eigenvalue weighted by molar-refractivity contribution is 5.76. The Morgan fingerprint density at radius 2 is 2.19 bits per heavy atom. The van der Waals surface area contributed by atoms with Gasteiger partial charge in [-0.25, -0.2) is 9.97 Å². The van der Waals surface area contributed by atoms with Gasteiger partial charge < -0.3 is 14.7 Å². The summed E-state index contributed by atoms with van der Waals surface area (Å²) in [6, 6.07) is 0. The van der Waals surface area contributed by atoms with E-state index in [4.69, 9.17) is 4.74 Å². The van der Waals surface area contributed by atoms with E-state index >= 15 is 0 Å². The molecule has 1 N–H and O–H groups in total. The van der Waals surface area contributed by atoms with Crippen molar-refractivity contribution in [3.8, 4) is 0 Å². The first kappa shape index (κ1) is 15.7. The van der Waals surface area contributed by atoms with Gasteiger partial charge in [0.15, 0.2) is 0 Å². The molecule has 2 rings (SSSR count). The van der Waals surface area contributed by atoms with Gasteiger partial charge >= 0.3 is 5.97 Å². The number of aromatic nitrogens is 2. The third kappa shape index (κ3) is 3.50. The van der Waals surface area contributed by atoms with Gasteiger partial charge in [0.1, 0.15) is 0 Å². The molecule has 0 saturated carbocycles. The maximum absolute atomic E-state index is 11.7. The van der Waals surface area contributed by atoms with Crippen LogP contribution in [0.25, 0.3) is 0 Å². The molecule has 0 amide bonds. The van der Waals surface area contributed by atoms with E-state index in [0.717, 1.165) is 24.9 Å². The molecule has 1 aromatic heterocycles. The molecule has 0 aromatic carbocycles. The summed E-state index contributed by atoms with van der Waals surface area (Å²) in [5, 5.41) is 9.64. The number of aryl methyl sites for hydroxylation is 1. The molecule has 6 nitrogen and oxygen atoms in total. The predicted molar refractivity (Wildman–Crippen MR) is 79.4 cm³/mol. The van der Waals surface area contributed by atoms with Crippen molar-refractivity contribution in [2.75, 3.05) is 31.7 Å². The van der Waals surface area contributed by atoms with Crippen molar-refractivity contribution in [2.24, 2.45) is 5.41 Å². The fourth-order valence-corrected chi connectivity index (χ4v) is 2.78. The fourth-order valence-electron chi connectivity index (χ4n) is 2.78. The number of nitrogens with zero attached hydrogens (tertiary/aromatic N) is 3. The van der Waals surface area contributed by atoms with Crippen LogP contribution in [0.15, 0.2) is 12.4 Å². The number of carboxylic acids is 1. The molecular weight excluding hydrogens is 270 g/mol. The SMILES string of the molecule is CCc1cnc(N2CCCC(CCOC)(C(=O)O)C2)nc1. The van der Waals surface area contributed by atoms with Gasteiger partial charge in [0.25, 0.3) is 0 Å². The lowest BCUT2D eigenvalue weighted by Gasteiger charge is -2.39. The molecule has 0 aliphatic carbocycles. The number of carboxylic acid groups (broad SMARTS) is 1. The van der Waals surface area contributed by atoms with E-state index in [1.165, 1.54) is 0 Å². The van der Waals surface area contributed by atoms with Gasteiger partial charge in [0.2, 0.25) is 5.95 Å². The maximum atomic E-state index is 11.7. The van der Waals surface area contributed by atoms with Crippen LogP contribution >= 0.6 is 0 Å². The lowest BCUT2D eigenvalue weighted by atomic mass is 9.77. The number of hydrogen-bond donors (Lipinski definition) is 1. The summed E-state index contributed by atoms with van der Waals surface area (Å²) >= 11 is 0. The van der Waals surface area contributed by atoms with Crippen LogP contribution in [0.3, 0.4) is 0 Å². The largest absolute Gasteiger partial charge is 0.481 e. The second-order valence-electron chi connectivity index (χ2n) is 5.60. The molecular formula is C15H23N3O3. The molecule has 1 unspecified atom stereocenters. The zero-order chi connectivity index (χ0) is 15.3. The van der Waals surface area contributed by atoms with Crippen LogP contribution in [0.1, 0.15) is 31.7 Å². The van der Waals surface area contributed by atoms with E-state index in [1.807, 2.05) is 17.3 Å². The molecule has 0 bridgehead atoms. The van der Waals surface area contributed by atoms with Gasteiger partial charge in [-0.05, 0) is 31.2 Å². The van der Waals surface area contributed by atoms with Crippen LogP contribution in [0.5, 0.6) is 0 Å². The smallest absolute Gasteiger partial charge is 0.311 e. The normalized spacial score (nSPS) is 22.3. The van der Waals surface area contributed by atoms with Crippen molar-refractivity contribution in [3.63, 3.8) is 0 Å². The molecule has 0 radical (unpaired) electrons. The molecule has 116 valence electrons. The van der Waals surface area contributed by atoms with Crippen molar-refractivity contribution in [3.05, 3.63) is 18.0 Å². The summed E-state index contributed by atoms with van der Waals surface area (Å²) < 4.78 is 5.08. The Morgan fingerprint density at radius 3 is 2.76 bits per heavy atom. The summed E-state index contributed by atoms with van der Waals surface area (Å²) in [7, 11) is 1.60. The number of methoxy groups -OCH3 is 1. The molecule has 1 saturated heterocycles. The Balaban J connectivity index is 2.15. The number of aliphatic carboxylic acids is 1. The Bertz CT molecular complexity index is 478. The topological polar surface area (TPSA) is 75.6 Å². The number of rotatable bonds is 6. The van der Waals surface area contributed by atoms with E-state index < -0.39 is 11.4 Å². The molecule has 6 heteroatoms. The first-order valence-corrected chi connectivity index (χ1v) is 7.39. The molecule has 1 fully saturated rings. The predicted octanol–water partition coefficient (Wildman–Crippen LogP) is 1.75. The van der Waals surface area contributed by atoms with Gasteiger partial charge in [-0.2, -0.15) is 0 Å². The Kier molecular flexibility index (Phi) is 5.12. The van der Waals surface area contributed by atoms with Gasteiger partial charge in [0.05, 0.1) is 5.41 Å². The molecule has 1 atom stereocenters. The number of anilines is 1. The third-order valence-corrected chi connectivity index (χ3v) is 4.20. The lowest BCUT2D eigenvalue weighted by Crippen LogP contribution is -2.49. The number of ether oxygens (including phenoxy) is 1. The van der Waals surface area contributed by atoms with Crippen LogP contribution in [-0.2, 0) is 16.0 Å². The highest BCUT2D eigenvalue weighted by Crippen LogP contribution is 2.35. The second-order valence-corrected chi connectivity index (χ2v) is 5.60. The molecule has 1 aliphatic rings. The first-order valence-electron chi connectivity index (χ1n) is 7.39. The van der Waals surface area contributed by atoms with E-state index in [0.29, 0.717) is 31.9 Å². The highest BCUT2D eigenvalue weighted by atomic mass is 16.5. The Morgan fingerprint density at radius 1 is 1.48 bits per heavy atom. The monoisotopic (exact) mass is 293 g/mol. The second kappa shape index (κ2) is 6.85. The number of piperidine rings is 1. The average molecular weight is 293 g/mol. The van der Waals surface area contributed by atoms with Crippen LogP contribution < -0.4 is 4.90 Å². The van der Waals surface area contributed by atoms with Crippen molar-refractivity contribution >= 4 is 11.9 Å². The minimum Gasteiger partial charge on any atom is -0.481 e. The minimum absolute atomic E-state index is 0.442. The van der Waals surface area contributed by atoms with Crippen LogP contribution in [0.2, 0.25) is 0 Å². The van der Waals surface area contributed by atoms with E-state index in [2.05, 4.69) is 16.9 Å². The molecule has 1 aliphatic heterocycles. The van der Waals surface area contributed by atoms with Crippen LogP contribution in [-0.4, -0.2) is 47.8 Å². The quantitative estimate of drug-likeness (QED) is 0.861. The van der Waals surface area contributed by atoms with Crippen LogP contribution in [0, 0.1) is 5.41 Å². The van der Waals surface area contributed by atoms with Crippen molar-refractivity contribution < 1.29 is 14.6 Å². The average Bonchev–Trinajstić information content (AvgIpc) is 2.53. The third-order valence-electron chi connectivity index (χ3n) is 4.20. The molecule has 1 aromatic rings. The van der Waals surface area contributed by atoms with Crippen LogP contribution in [0.4, 0.5) is 5.95 Å². The van der Waals surface area contributed by atoms with Gasteiger partial charge in [-0.1, -0.05) is 6.92 Å². The van der Waals surface area contributed by atoms with Crippen molar-refractivity contribution in [1.29, 1.82) is 0 Å². The maximum Gasteiger partial charge on any atom is 0.311 e. The van der Waals surface area contributed by atoms with Crippen molar-refractivity contribution in [1.82, 2.24) is 9.97 Å². The van der Waals surface area contributed by atoms with Crippen molar-refractivity contribution in [2.45, 2.75) is 32.6 Å². The van der Waals surface area contributed by atoms with E-state index in [-0.39, 0.29) is 0 Å². The molecule has 0 spiro atoms. The standard InChI is InChI=1S/C15H23N3O3/c1-3-12-9-16-14(17-10-12)18-7-4-5-15(11-18,13(19)20)6-8-21-2/h9-10H,3-8,11H2,1-2H3,(H,19,20). The lowest BCUT2D eigenvalue weighted by molar-refractivity contribution is -0.150. The zero-order valence-corrected chi connectivity index (χ0v) is 12.7. The summed E-state index contributed by atoms with van der Waals surface area (Å²) in [6.45, 7) is 3.75. The highest BCUT2D eigenvalue weighted by Gasteiger charge is 2.42. The number of carbonyl (C=O) groups is 1. The van der Waals surface area contributed by atoms with Gasteiger partial charge in [0, 0.05) is 39.2 Å². The Labute approximate surface area is 125 Å². The van der Waals surface area contributed by atoms with Gasteiger partial charge in [-0.3, -0.25) is 4.79 Å². The molecule has 2 heterocycles. The van der Waals surface area contributed by atoms with E-state index in [9.17, 15) is 9.90 Å². The summed E-state index contributed by atoms with van der Waals surface area (Å²) in [4.78, 5) is 22.5. The summed E-state index contributed by atoms with van der Waals surface area (Å²) in [5.41, 5.74) is 0.320. The number of hydrogen-bond acceptors (Lipinski definition) is 5. The fraction of sp³-hybridized carbons (Fsp3) is 0.667. The molecule has 21 heavy (non-hydrogen) atoms. The Hall–Kier alpha value is -1.69. The van der Waals surface area contributed by atoms with Gasteiger partial charge in [-0.15, -0.1) is 0 Å².